The Morgan fingerprint density at radius 2 is 1.28 bits per heavy atom. The number of hydrogen-bond acceptors (Lipinski definition) is 2. The van der Waals surface area contributed by atoms with E-state index in [1.54, 1.807) is 6.20 Å². The lowest BCUT2D eigenvalue weighted by Gasteiger charge is -2.19. The largest absolute Gasteiger partial charge is 0.405 e. The highest BCUT2D eigenvalue weighted by Crippen LogP contribution is 2.43. The summed E-state index contributed by atoms with van der Waals surface area (Å²) >= 11 is 0. The van der Waals surface area contributed by atoms with Gasteiger partial charge in [-0.15, -0.1) is 0 Å². The number of benzene rings is 6. The maximum Gasteiger partial charge on any atom is 0.137 e. The average Bonchev–Trinajstić information content (AvgIpc) is 3.60. The fourth-order valence-electron chi connectivity index (χ4n) is 6.65. The van der Waals surface area contributed by atoms with E-state index < -0.39 is 0 Å². The molecule has 0 bridgehead atoms. The number of nitrogens with two attached hydrogens (primary N) is 1. The number of aromatic nitrogens is 2. The Balaban J connectivity index is 1.41. The Morgan fingerprint density at radius 1 is 0.717 bits per heavy atom. The zero-order valence-corrected chi connectivity index (χ0v) is 25.9. The van der Waals surface area contributed by atoms with E-state index in [-0.39, 0.29) is 0 Å². The molecule has 0 spiro atoms. The van der Waals surface area contributed by atoms with Crippen LogP contribution in [-0.2, 0) is 6.42 Å². The molecule has 0 atom stereocenters. The Labute approximate surface area is 269 Å². The van der Waals surface area contributed by atoms with Crippen molar-refractivity contribution >= 4 is 50.0 Å². The van der Waals surface area contributed by atoms with Crippen LogP contribution < -0.4 is 5.73 Å². The first-order chi connectivity index (χ1) is 22.7. The molecule has 3 N–H and O–H groups in total. The van der Waals surface area contributed by atoms with Crippen molar-refractivity contribution in [3.05, 3.63) is 169 Å². The third kappa shape index (κ3) is 5.12. The van der Waals surface area contributed by atoms with E-state index in [0.717, 1.165) is 34.6 Å². The van der Waals surface area contributed by atoms with Gasteiger partial charge >= 0.3 is 0 Å². The third-order valence-electron chi connectivity index (χ3n) is 8.80. The molecule has 3 heteroatoms. The van der Waals surface area contributed by atoms with Crippen molar-refractivity contribution in [3.8, 4) is 22.4 Å². The van der Waals surface area contributed by atoms with Gasteiger partial charge in [-0.05, 0) is 85.8 Å². The molecular weight excluding hydrogens is 558 g/mol. The van der Waals surface area contributed by atoms with Gasteiger partial charge < -0.3 is 10.7 Å². The minimum Gasteiger partial charge on any atom is -0.405 e. The predicted octanol–water partition coefficient (Wildman–Crippen LogP) is 11.0. The van der Waals surface area contributed by atoms with Crippen LogP contribution in [0.15, 0.2) is 146 Å². The molecule has 7 rings (SSSR count). The van der Waals surface area contributed by atoms with Gasteiger partial charge in [-0.3, -0.25) is 0 Å². The standard InChI is InChI=1S/C43H35N3/c1-3-29-14-5-6-15-31(29)16-13-23-32-34-18-9-11-21-38(34)42(39-22-12-10-19-35(32)39)40-25-24-37(33-17-7-8-20-36(33)40)41-28-45-43(46-41)30(4-2)26-27-44/h3-22,24-28H,1,23,44H2,2H3,(H,45,46)/b16-13-,27-26-,30-4+. The fourth-order valence-corrected chi connectivity index (χ4v) is 6.65. The van der Waals surface area contributed by atoms with Gasteiger partial charge in [0.2, 0.25) is 0 Å². The molecule has 0 saturated heterocycles. The van der Waals surface area contributed by atoms with Gasteiger partial charge in [0.1, 0.15) is 5.82 Å². The third-order valence-corrected chi connectivity index (χ3v) is 8.80. The van der Waals surface area contributed by atoms with Crippen molar-refractivity contribution in [3.63, 3.8) is 0 Å². The minimum absolute atomic E-state index is 0.793. The number of rotatable bonds is 8. The molecule has 3 nitrogen and oxygen atoms in total. The molecule has 1 heterocycles. The van der Waals surface area contributed by atoms with Gasteiger partial charge in [-0.25, -0.2) is 4.98 Å². The van der Waals surface area contributed by atoms with E-state index in [1.165, 1.54) is 54.6 Å². The van der Waals surface area contributed by atoms with Gasteiger partial charge in [-0.1, -0.05) is 140 Å². The first-order valence-electron chi connectivity index (χ1n) is 15.6. The number of allylic oxidation sites excluding steroid dienone is 4. The van der Waals surface area contributed by atoms with Gasteiger partial charge in [0, 0.05) is 11.1 Å². The summed E-state index contributed by atoms with van der Waals surface area (Å²) in [6.45, 7) is 5.98. The van der Waals surface area contributed by atoms with Gasteiger partial charge in [0.05, 0.1) is 11.9 Å². The molecule has 222 valence electrons. The van der Waals surface area contributed by atoms with E-state index >= 15 is 0 Å². The molecule has 6 aromatic carbocycles. The molecular formula is C43H35N3. The van der Waals surface area contributed by atoms with Crippen LogP contribution in [-0.4, -0.2) is 9.97 Å². The topological polar surface area (TPSA) is 54.7 Å². The predicted molar refractivity (Wildman–Crippen MR) is 198 cm³/mol. The number of hydrogen-bond donors (Lipinski definition) is 2. The summed E-state index contributed by atoms with van der Waals surface area (Å²) in [6, 6.07) is 39.2. The molecule has 0 aliphatic carbocycles. The number of nitrogens with zero attached hydrogens (tertiary/aromatic N) is 1. The highest BCUT2D eigenvalue weighted by Gasteiger charge is 2.18. The summed E-state index contributed by atoms with van der Waals surface area (Å²) < 4.78 is 0. The summed E-state index contributed by atoms with van der Waals surface area (Å²) in [5, 5.41) is 7.43. The molecule has 0 aliphatic rings. The van der Waals surface area contributed by atoms with E-state index in [9.17, 15) is 0 Å². The van der Waals surface area contributed by atoms with Crippen LogP contribution in [0.1, 0.15) is 29.4 Å². The van der Waals surface area contributed by atoms with E-state index in [4.69, 9.17) is 5.73 Å². The number of aromatic amines is 1. The number of fused-ring (bicyclic) bond motifs is 3. The van der Waals surface area contributed by atoms with Crippen molar-refractivity contribution in [2.45, 2.75) is 13.3 Å². The molecule has 1 aromatic heterocycles. The molecule has 7 aromatic rings. The van der Waals surface area contributed by atoms with Crippen LogP contribution in [0.5, 0.6) is 0 Å². The lowest BCUT2D eigenvalue weighted by atomic mass is 9.85. The number of H-pyrrole nitrogens is 1. The van der Waals surface area contributed by atoms with Gasteiger partial charge in [0.15, 0.2) is 0 Å². The highest BCUT2D eigenvalue weighted by molar-refractivity contribution is 6.19. The first-order valence-corrected chi connectivity index (χ1v) is 15.6. The summed E-state index contributed by atoms with van der Waals surface area (Å²) in [4.78, 5) is 8.20. The van der Waals surface area contributed by atoms with E-state index in [0.29, 0.717) is 0 Å². The minimum atomic E-state index is 0.793. The summed E-state index contributed by atoms with van der Waals surface area (Å²) in [5.74, 6) is 0.793. The Hall–Kier alpha value is -5.93. The second-order valence-electron chi connectivity index (χ2n) is 11.3. The van der Waals surface area contributed by atoms with Crippen molar-refractivity contribution in [1.29, 1.82) is 0 Å². The molecule has 0 fully saturated rings. The van der Waals surface area contributed by atoms with Gasteiger partial charge in [0.25, 0.3) is 0 Å². The summed E-state index contributed by atoms with van der Waals surface area (Å²) in [7, 11) is 0. The summed E-state index contributed by atoms with van der Waals surface area (Å²) in [5.41, 5.74) is 14.8. The fraction of sp³-hybridized carbons (Fsp3) is 0.0465. The summed E-state index contributed by atoms with van der Waals surface area (Å²) in [6.07, 6.45) is 14.5. The second-order valence-corrected chi connectivity index (χ2v) is 11.3. The Morgan fingerprint density at radius 3 is 1.91 bits per heavy atom. The normalized spacial score (nSPS) is 12.2. The maximum atomic E-state index is 5.68. The molecule has 0 unspecified atom stereocenters. The molecule has 46 heavy (non-hydrogen) atoms. The van der Waals surface area contributed by atoms with E-state index in [2.05, 4.69) is 138 Å². The van der Waals surface area contributed by atoms with Crippen molar-refractivity contribution in [2.75, 3.05) is 0 Å². The van der Waals surface area contributed by atoms with E-state index in [1.807, 2.05) is 31.3 Å². The smallest absolute Gasteiger partial charge is 0.137 e. The Bertz CT molecular complexity index is 2270. The Kier molecular flexibility index (Phi) is 7.89. The van der Waals surface area contributed by atoms with Crippen LogP contribution >= 0.6 is 0 Å². The average molecular weight is 594 g/mol. The molecule has 0 aliphatic heterocycles. The lowest BCUT2D eigenvalue weighted by Crippen LogP contribution is -1.94. The highest BCUT2D eigenvalue weighted by atomic mass is 14.9. The number of imidazole rings is 1. The van der Waals surface area contributed by atoms with Crippen LogP contribution in [0.2, 0.25) is 0 Å². The lowest BCUT2D eigenvalue weighted by molar-refractivity contribution is 1.24. The molecule has 0 saturated carbocycles. The SMILES string of the molecule is C=Cc1ccccc1/C=C\Cc1c2ccccc2c(-c2ccc(-c3cnc(C(/C=C\N)=C/C)[nH]3)c3ccccc23)c2ccccc12. The zero-order chi connectivity index (χ0) is 31.5. The molecule has 0 radical (unpaired) electrons. The zero-order valence-electron chi connectivity index (χ0n) is 25.9. The van der Waals surface area contributed by atoms with Crippen LogP contribution in [0.4, 0.5) is 0 Å². The maximum absolute atomic E-state index is 5.68. The van der Waals surface area contributed by atoms with Crippen LogP contribution in [0.3, 0.4) is 0 Å². The first kappa shape index (κ1) is 28.8. The molecule has 0 amide bonds. The van der Waals surface area contributed by atoms with Crippen molar-refractivity contribution in [2.24, 2.45) is 5.73 Å². The van der Waals surface area contributed by atoms with Crippen LogP contribution in [0, 0.1) is 0 Å². The van der Waals surface area contributed by atoms with Crippen molar-refractivity contribution in [1.82, 2.24) is 9.97 Å². The van der Waals surface area contributed by atoms with Crippen LogP contribution in [0.25, 0.3) is 72.4 Å². The monoisotopic (exact) mass is 593 g/mol. The van der Waals surface area contributed by atoms with Gasteiger partial charge in [-0.2, -0.15) is 0 Å². The quantitative estimate of drug-likeness (QED) is 0.136. The van der Waals surface area contributed by atoms with Crippen molar-refractivity contribution < 1.29 is 0 Å². The second kappa shape index (κ2) is 12.6. The number of nitrogens with one attached hydrogen (secondary N) is 1.